The minimum Gasteiger partial charge on any atom is -0.493 e. The van der Waals surface area contributed by atoms with Gasteiger partial charge in [0.2, 0.25) is 0 Å². The van der Waals surface area contributed by atoms with Crippen molar-refractivity contribution >= 4 is 5.78 Å². The quantitative estimate of drug-likeness (QED) is 0.841. The molecular weight excluding hydrogens is 288 g/mol. The summed E-state index contributed by atoms with van der Waals surface area (Å²) in [5, 5.41) is 9.97. The molecule has 1 aromatic rings. The van der Waals surface area contributed by atoms with E-state index in [-0.39, 0.29) is 23.0 Å². The summed E-state index contributed by atoms with van der Waals surface area (Å²) in [7, 11) is 0. The molecule has 23 heavy (non-hydrogen) atoms. The third-order valence-electron chi connectivity index (χ3n) is 4.51. The summed E-state index contributed by atoms with van der Waals surface area (Å²) in [6, 6.07) is 3.92. The number of carbonyl (C=O) groups excluding carboxylic acids is 1. The Morgan fingerprint density at radius 2 is 1.83 bits per heavy atom. The van der Waals surface area contributed by atoms with Crippen LogP contribution >= 0.6 is 0 Å². The molecule has 0 saturated carbocycles. The maximum atomic E-state index is 12.6. The van der Waals surface area contributed by atoms with E-state index in [1.54, 1.807) is 13.8 Å². The molecule has 1 aliphatic rings. The standard InChI is InChI=1S/C20H30O3/c1-18(2,3)14-10-13(16(21)12-20(6,7)22)11-15-17(14)23-9-8-19(15,4)5/h10-11,22H,8-9,12H2,1-7H3. The van der Waals surface area contributed by atoms with E-state index >= 15 is 0 Å². The third-order valence-corrected chi connectivity index (χ3v) is 4.51. The molecule has 0 fully saturated rings. The van der Waals surface area contributed by atoms with Crippen molar-refractivity contribution in [2.24, 2.45) is 0 Å². The van der Waals surface area contributed by atoms with E-state index in [0.717, 1.165) is 23.3 Å². The fraction of sp³-hybridized carbons (Fsp3) is 0.650. The summed E-state index contributed by atoms with van der Waals surface area (Å²) in [5.41, 5.74) is 1.73. The molecule has 1 aliphatic heterocycles. The monoisotopic (exact) mass is 318 g/mol. The van der Waals surface area contributed by atoms with Crippen molar-refractivity contribution in [3.8, 4) is 5.75 Å². The Bertz CT molecular complexity index is 596. The lowest BCUT2D eigenvalue weighted by atomic mass is 9.74. The van der Waals surface area contributed by atoms with Gasteiger partial charge in [-0.1, -0.05) is 34.6 Å². The van der Waals surface area contributed by atoms with Gasteiger partial charge in [-0.25, -0.2) is 0 Å². The van der Waals surface area contributed by atoms with Gasteiger partial charge >= 0.3 is 0 Å². The Morgan fingerprint density at radius 1 is 1.22 bits per heavy atom. The van der Waals surface area contributed by atoms with Crippen molar-refractivity contribution in [3.05, 3.63) is 28.8 Å². The highest BCUT2D eigenvalue weighted by Gasteiger charge is 2.34. The summed E-state index contributed by atoms with van der Waals surface area (Å²) in [6.07, 6.45) is 1.06. The van der Waals surface area contributed by atoms with E-state index in [1.807, 2.05) is 12.1 Å². The minimum atomic E-state index is -0.999. The first-order valence-electron chi connectivity index (χ1n) is 8.39. The second-order valence-electron chi connectivity index (χ2n) is 9.05. The first-order valence-corrected chi connectivity index (χ1v) is 8.39. The Hall–Kier alpha value is -1.35. The molecule has 0 radical (unpaired) electrons. The SMILES string of the molecule is CC(C)(O)CC(=O)c1cc(C(C)(C)C)c2c(c1)C(C)(C)CCO2. The van der Waals surface area contributed by atoms with Crippen LogP contribution in [0, 0.1) is 0 Å². The molecular formula is C20H30O3. The van der Waals surface area contributed by atoms with E-state index in [9.17, 15) is 9.90 Å². The maximum Gasteiger partial charge on any atom is 0.165 e. The van der Waals surface area contributed by atoms with Crippen molar-refractivity contribution in [1.29, 1.82) is 0 Å². The van der Waals surface area contributed by atoms with E-state index in [4.69, 9.17) is 4.74 Å². The molecule has 0 aromatic heterocycles. The molecule has 128 valence electrons. The van der Waals surface area contributed by atoms with E-state index < -0.39 is 5.60 Å². The molecule has 1 aromatic carbocycles. The predicted molar refractivity (Wildman–Crippen MR) is 93.5 cm³/mol. The molecule has 2 rings (SSSR count). The number of carbonyl (C=O) groups is 1. The third kappa shape index (κ3) is 3.95. The van der Waals surface area contributed by atoms with Crippen molar-refractivity contribution in [2.75, 3.05) is 6.61 Å². The number of benzene rings is 1. The number of hydrogen-bond acceptors (Lipinski definition) is 3. The summed E-state index contributed by atoms with van der Waals surface area (Å²) < 4.78 is 5.99. The van der Waals surface area contributed by atoms with Gasteiger partial charge in [0.05, 0.1) is 12.2 Å². The largest absolute Gasteiger partial charge is 0.493 e. The van der Waals surface area contributed by atoms with Crippen LogP contribution in [0.5, 0.6) is 5.75 Å². The molecule has 0 atom stereocenters. The number of aliphatic hydroxyl groups is 1. The summed E-state index contributed by atoms with van der Waals surface area (Å²) in [5.74, 6) is 0.917. The Balaban J connectivity index is 2.61. The van der Waals surface area contributed by atoms with Crippen LogP contribution in [-0.4, -0.2) is 23.1 Å². The lowest BCUT2D eigenvalue weighted by Gasteiger charge is -2.36. The van der Waals surface area contributed by atoms with E-state index in [2.05, 4.69) is 34.6 Å². The topological polar surface area (TPSA) is 46.5 Å². The molecule has 0 bridgehead atoms. The van der Waals surface area contributed by atoms with Crippen LogP contribution in [0.1, 0.15) is 82.8 Å². The molecule has 0 amide bonds. The number of rotatable bonds is 3. The fourth-order valence-corrected chi connectivity index (χ4v) is 3.04. The molecule has 3 nitrogen and oxygen atoms in total. The van der Waals surface area contributed by atoms with Crippen molar-refractivity contribution in [3.63, 3.8) is 0 Å². The van der Waals surface area contributed by atoms with E-state index in [1.165, 1.54) is 0 Å². The lowest BCUT2D eigenvalue weighted by molar-refractivity contribution is 0.0587. The summed E-state index contributed by atoms with van der Waals surface area (Å²) >= 11 is 0. The van der Waals surface area contributed by atoms with Gasteiger partial charge < -0.3 is 9.84 Å². The molecule has 0 spiro atoms. The Kier molecular flexibility index (Phi) is 4.40. The maximum absolute atomic E-state index is 12.6. The Labute approximate surface area is 140 Å². The number of Topliss-reactive ketones (excluding diaryl/α,β-unsaturated/α-hetero) is 1. The summed E-state index contributed by atoms with van der Waals surface area (Å²) in [4.78, 5) is 12.6. The van der Waals surface area contributed by atoms with Gasteiger partial charge in [0.15, 0.2) is 5.78 Å². The van der Waals surface area contributed by atoms with Crippen LogP contribution in [0.15, 0.2) is 12.1 Å². The smallest absolute Gasteiger partial charge is 0.165 e. The van der Waals surface area contributed by atoms with Crippen LogP contribution in [0.4, 0.5) is 0 Å². The highest BCUT2D eigenvalue weighted by atomic mass is 16.5. The minimum absolute atomic E-state index is 0.0153. The average molecular weight is 318 g/mol. The number of fused-ring (bicyclic) bond motifs is 1. The van der Waals surface area contributed by atoms with Gasteiger partial charge in [0.1, 0.15) is 5.75 Å². The number of hydrogen-bond donors (Lipinski definition) is 1. The van der Waals surface area contributed by atoms with Gasteiger partial charge in [-0.15, -0.1) is 0 Å². The average Bonchev–Trinajstić information content (AvgIpc) is 2.34. The summed E-state index contributed by atoms with van der Waals surface area (Å²) in [6.45, 7) is 14.9. The zero-order valence-electron chi connectivity index (χ0n) is 15.5. The highest BCUT2D eigenvalue weighted by Crippen LogP contribution is 2.45. The second kappa shape index (κ2) is 5.62. The zero-order valence-corrected chi connectivity index (χ0v) is 15.5. The zero-order chi connectivity index (χ0) is 17.6. The molecule has 0 saturated heterocycles. The van der Waals surface area contributed by atoms with Crippen LogP contribution in [0.2, 0.25) is 0 Å². The van der Waals surface area contributed by atoms with Crippen LogP contribution in [0.25, 0.3) is 0 Å². The van der Waals surface area contributed by atoms with Gasteiger partial charge in [0.25, 0.3) is 0 Å². The molecule has 0 aliphatic carbocycles. The molecule has 0 unspecified atom stereocenters. The highest BCUT2D eigenvalue weighted by molar-refractivity contribution is 5.97. The van der Waals surface area contributed by atoms with Crippen LogP contribution < -0.4 is 4.74 Å². The van der Waals surface area contributed by atoms with Crippen molar-refractivity contribution < 1.29 is 14.6 Å². The normalized spacial score (nSPS) is 17.4. The molecule has 1 heterocycles. The van der Waals surface area contributed by atoms with Gasteiger partial charge in [0, 0.05) is 23.1 Å². The van der Waals surface area contributed by atoms with Crippen molar-refractivity contribution in [2.45, 2.75) is 77.7 Å². The number of ether oxygens (including phenoxy) is 1. The van der Waals surface area contributed by atoms with E-state index in [0.29, 0.717) is 12.2 Å². The van der Waals surface area contributed by atoms with Gasteiger partial charge in [-0.05, 0) is 43.2 Å². The molecule has 3 heteroatoms. The lowest BCUT2D eigenvalue weighted by Crippen LogP contribution is -2.30. The predicted octanol–water partition coefficient (Wildman–Crippen LogP) is 4.39. The number of ketones is 1. The van der Waals surface area contributed by atoms with Gasteiger partial charge in [-0.2, -0.15) is 0 Å². The first kappa shape index (κ1) is 18.0. The van der Waals surface area contributed by atoms with Crippen LogP contribution in [-0.2, 0) is 10.8 Å². The molecule has 1 N–H and O–H groups in total. The Morgan fingerprint density at radius 3 is 2.35 bits per heavy atom. The van der Waals surface area contributed by atoms with Crippen molar-refractivity contribution in [1.82, 2.24) is 0 Å². The van der Waals surface area contributed by atoms with Gasteiger partial charge in [-0.3, -0.25) is 4.79 Å². The fourth-order valence-electron chi connectivity index (χ4n) is 3.04. The van der Waals surface area contributed by atoms with Crippen LogP contribution in [0.3, 0.4) is 0 Å². The first-order chi connectivity index (χ1) is 10.3. The second-order valence-corrected chi connectivity index (χ2v) is 9.05.